The van der Waals surface area contributed by atoms with E-state index in [2.05, 4.69) is 0 Å². The molecule has 0 unspecified atom stereocenters. The molecule has 1 saturated heterocycles. The van der Waals surface area contributed by atoms with Gasteiger partial charge in [0.2, 0.25) is 0 Å². The zero-order valence-corrected chi connectivity index (χ0v) is 11.3. The molecule has 5 heteroatoms. The summed E-state index contributed by atoms with van der Waals surface area (Å²) < 4.78 is 5.73. The summed E-state index contributed by atoms with van der Waals surface area (Å²) in [7, 11) is 0. The number of carbonyl (C=O) groups is 1. The number of rotatable bonds is 5. The predicted molar refractivity (Wildman–Crippen MR) is 72.9 cm³/mol. The van der Waals surface area contributed by atoms with Crippen LogP contribution in [0.2, 0.25) is 0 Å². The zero-order chi connectivity index (χ0) is 12.8. The van der Waals surface area contributed by atoms with E-state index >= 15 is 0 Å². The van der Waals surface area contributed by atoms with Gasteiger partial charge in [-0.2, -0.15) is 11.3 Å². The van der Waals surface area contributed by atoms with Crippen LogP contribution in [0.1, 0.15) is 29.6 Å². The highest BCUT2D eigenvalue weighted by Gasteiger charge is 2.23. The second-order valence-electron chi connectivity index (χ2n) is 4.52. The summed E-state index contributed by atoms with van der Waals surface area (Å²) in [5.74, 6) is 0.150. The largest absolute Gasteiger partial charge is 0.378 e. The highest BCUT2D eigenvalue weighted by Crippen LogP contribution is 2.17. The van der Waals surface area contributed by atoms with Crippen LogP contribution in [-0.2, 0) is 4.74 Å². The number of thiophene rings is 1. The van der Waals surface area contributed by atoms with E-state index in [1.54, 1.807) is 11.3 Å². The number of amides is 1. The van der Waals surface area contributed by atoms with Gasteiger partial charge in [0.05, 0.1) is 11.7 Å². The molecule has 0 spiro atoms. The maximum absolute atomic E-state index is 12.1. The van der Waals surface area contributed by atoms with Gasteiger partial charge in [0.25, 0.3) is 5.91 Å². The van der Waals surface area contributed by atoms with E-state index in [0.29, 0.717) is 12.6 Å². The Bertz CT molecular complexity index is 359. The predicted octanol–water partition coefficient (Wildman–Crippen LogP) is 1.72. The number of hydrogen-bond donors (Lipinski definition) is 1. The molecule has 1 fully saturated rings. The van der Waals surface area contributed by atoms with Crippen molar-refractivity contribution in [1.82, 2.24) is 4.90 Å². The molecule has 1 aromatic heterocycles. The first-order valence-electron chi connectivity index (χ1n) is 6.44. The van der Waals surface area contributed by atoms with E-state index in [9.17, 15) is 4.79 Å². The van der Waals surface area contributed by atoms with Crippen molar-refractivity contribution in [2.75, 3.05) is 26.2 Å². The van der Waals surface area contributed by atoms with Gasteiger partial charge in [0.1, 0.15) is 0 Å². The van der Waals surface area contributed by atoms with Crippen molar-refractivity contribution in [3.63, 3.8) is 0 Å². The third-order valence-electron chi connectivity index (χ3n) is 3.20. The van der Waals surface area contributed by atoms with Crippen LogP contribution in [0.4, 0.5) is 0 Å². The molecule has 0 aromatic carbocycles. The van der Waals surface area contributed by atoms with Crippen LogP contribution in [0.5, 0.6) is 0 Å². The molecular formula is C13H20N2O2S. The summed E-state index contributed by atoms with van der Waals surface area (Å²) in [6.07, 6.45) is 3.07. The summed E-state index contributed by atoms with van der Waals surface area (Å²) in [6.45, 7) is 3.00. The summed E-state index contributed by atoms with van der Waals surface area (Å²) in [6, 6.07) is 1.89. The molecular weight excluding hydrogens is 248 g/mol. The van der Waals surface area contributed by atoms with E-state index in [1.807, 2.05) is 21.7 Å². The van der Waals surface area contributed by atoms with Crippen LogP contribution in [0.15, 0.2) is 16.8 Å². The second-order valence-corrected chi connectivity index (χ2v) is 5.30. The van der Waals surface area contributed by atoms with Gasteiger partial charge in [-0.3, -0.25) is 4.79 Å². The number of likely N-dealkylation sites (tertiary alicyclic amines) is 1. The van der Waals surface area contributed by atoms with Gasteiger partial charge in [-0.15, -0.1) is 0 Å². The van der Waals surface area contributed by atoms with Gasteiger partial charge in [-0.1, -0.05) is 0 Å². The lowest BCUT2D eigenvalue weighted by molar-refractivity contribution is 0.00846. The third-order valence-corrected chi connectivity index (χ3v) is 3.88. The number of nitrogens with two attached hydrogens (primary N) is 1. The molecule has 100 valence electrons. The second kappa shape index (κ2) is 6.87. The van der Waals surface area contributed by atoms with Crippen LogP contribution in [0.25, 0.3) is 0 Å². The lowest BCUT2D eigenvalue weighted by Crippen LogP contribution is -2.40. The molecule has 0 radical (unpaired) electrons. The molecule has 1 aliphatic rings. The van der Waals surface area contributed by atoms with Crippen LogP contribution >= 0.6 is 11.3 Å². The summed E-state index contributed by atoms with van der Waals surface area (Å²) >= 11 is 1.56. The van der Waals surface area contributed by atoms with Gasteiger partial charge in [0.15, 0.2) is 0 Å². The van der Waals surface area contributed by atoms with Gasteiger partial charge in [-0.25, -0.2) is 0 Å². The first-order chi connectivity index (χ1) is 8.81. The smallest absolute Gasteiger partial charge is 0.254 e. The molecule has 0 aliphatic carbocycles. The quantitative estimate of drug-likeness (QED) is 0.827. The lowest BCUT2D eigenvalue weighted by atomic mass is 10.1. The molecule has 0 saturated carbocycles. The number of nitrogens with zero attached hydrogens (tertiary/aromatic N) is 1. The van der Waals surface area contributed by atoms with E-state index in [4.69, 9.17) is 10.5 Å². The molecule has 0 atom stereocenters. The van der Waals surface area contributed by atoms with Crippen molar-refractivity contribution in [3.05, 3.63) is 22.4 Å². The third kappa shape index (κ3) is 3.54. The lowest BCUT2D eigenvalue weighted by Gasteiger charge is -2.31. The van der Waals surface area contributed by atoms with Gasteiger partial charge in [-0.05, 0) is 37.3 Å². The summed E-state index contributed by atoms with van der Waals surface area (Å²) in [4.78, 5) is 14.0. The van der Waals surface area contributed by atoms with E-state index in [0.717, 1.165) is 44.5 Å². The Kier molecular flexibility index (Phi) is 5.16. The number of hydrogen-bond acceptors (Lipinski definition) is 4. The Labute approximate surface area is 112 Å². The summed E-state index contributed by atoms with van der Waals surface area (Å²) in [5.41, 5.74) is 6.24. The number of carbonyl (C=O) groups excluding carboxylic acids is 1. The normalized spacial score (nSPS) is 17.1. The highest BCUT2D eigenvalue weighted by atomic mass is 32.1. The molecule has 2 heterocycles. The fraction of sp³-hybridized carbons (Fsp3) is 0.615. The fourth-order valence-corrected chi connectivity index (χ4v) is 2.76. The molecule has 4 nitrogen and oxygen atoms in total. The first kappa shape index (κ1) is 13.5. The minimum atomic E-state index is 0.150. The number of piperidine rings is 1. The number of ether oxygens (including phenoxy) is 1. The molecule has 1 aliphatic heterocycles. The SMILES string of the molecule is NCCCOC1CCN(C(=O)c2ccsc2)CC1. The minimum Gasteiger partial charge on any atom is -0.378 e. The van der Waals surface area contributed by atoms with Crippen LogP contribution in [0, 0.1) is 0 Å². The molecule has 2 rings (SSSR count). The highest BCUT2D eigenvalue weighted by molar-refractivity contribution is 7.08. The van der Waals surface area contributed by atoms with Gasteiger partial charge in [0, 0.05) is 25.1 Å². The Balaban J connectivity index is 1.75. The average molecular weight is 268 g/mol. The van der Waals surface area contributed by atoms with Crippen molar-refractivity contribution >= 4 is 17.2 Å². The fourth-order valence-electron chi connectivity index (χ4n) is 2.13. The van der Waals surface area contributed by atoms with E-state index in [1.165, 1.54) is 0 Å². The van der Waals surface area contributed by atoms with E-state index < -0.39 is 0 Å². The molecule has 1 amide bonds. The molecule has 0 bridgehead atoms. The maximum Gasteiger partial charge on any atom is 0.254 e. The monoisotopic (exact) mass is 268 g/mol. The average Bonchev–Trinajstić information content (AvgIpc) is 2.93. The van der Waals surface area contributed by atoms with Gasteiger partial charge < -0.3 is 15.4 Å². The maximum atomic E-state index is 12.1. The van der Waals surface area contributed by atoms with E-state index in [-0.39, 0.29) is 5.91 Å². The van der Waals surface area contributed by atoms with Crippen LogP contribution < -0.4 is 5.73 Å². The van der Waals surface area contributed by atoms with Crippen LogP contribution in [-0.4, -0.2) is 43.2 Å². The van der Waals surface area contributed by atoms with Crippen molar-refractivity contribution < 1.29 is 9.53 Å². The minimum absolute atomic E-state index is 0.150. The summed E-state index contributed by atoms with van der Waals surface area (Å²) in [5, 5.41) is 3.85. The Hall–Kier alpha value is -0.910. The Morgan fingerprint density at radius 3 is 2.89 bits per heavy atom. The molecule has 1 aromatic rings. The van der Waals surface area contributed by atoms with Crippen molar-refractivity contribution in [1.29, 1.82) is 0 Å². The van der Waals surface area contributed by atoms with Crippen molar-refractivity contribution in [2.24, 2.45) is 5.73 Å². The zero-order valence-electron chi connectivity index (χ0n) is 10.5. The van der Waals surface area contributed by atoms with Crippen molar-refractivity contribution in [3.8, 4) is 0 Å². The van der Waals surface area contributed by atoms with Crippen LogP contribution in [0.3, 0.4) is 0 Å². The first-order valence-corrected chi connectivity index (χ1v) is 7.38. The Morgan fingerprint density at radius 1 is 1.50 bits per heavy atom. The van der Waals surface area contributed by atoms with Crippen molar-refractivity contribution in [2.45, 2.75) is 25.4 Å². The Morgan fingerprint density at radius 2 is 2.28 bits per heavy atom. The standard InChI is InChI=1S/C13H20N2O2S/c14-5-1-8-17-12-2-6-15(7-3-12)13(16)11-4-9-18-10-11/h4,9-10,12H,1-3,5-8,14H2. The topological polar surface area (TPSA) is 55.6 Å². The van der Waals surface area contributed by atoms with Gasteiger partial charge >= 0.3 is 0 Å². The molecule has 2 N–H and O–H groups in total. The molecule has 18 heavy (non-hydrogen) atoms.